The third kappa shape index (κ3) is 3.64. The first-order valence-corrected chi connectivity index (χ1v) is 6.08. The van der Waals surface area contributed by atoms with E-state index in [9.17, 15) is 10.1 Å². The molecule has 0 fully saturated rings. The second kappa shape index (κ2) is 6.45. The van der Waals surface area contributed by atoms with E-state index < -0.39 is 4.92 Å². The summed E-state index contributed by atoms with van der Waals surface area (Å²) in [7, 11) is 0. The minimum atomic E-state index is -0.452. The summed E-state index contributed by atoms with van der Waals surface area (Å²) in [4.78, 5) is 18.5. The average Bonchev–Trinajstić information content (AvgIpc) is 2.92. The Kier molecular flexibility index (Phi) is 4.43. The summed E-state index contributed by atoms with van der Waals surface area (Å²) >= 11 is 0. The Morgan fingerprint density at radius 1 is 1.35 bits per heavy atom. The first kappa shape index (κ1) is 13.7. The zero-order valence-corrected chi connectivity index (χ0v) is 10.9. The van der Waals surface area contributed by atoms with Crippen molar-refractivity contribution in [2.24, 2.45) is 0 Å². The van der Waals surface area contributed by atoms with Crippen LogP contribution in [-0.4, -0.2) is 33.1 Å². The third-order valence-corrected chi connectivity index (χ3v) is 2.44. The number of nitrogens with one attached hydrogen (secondary N) is 2. The van der Waals surface area contributed by atoms with Gasteiger partial charge in [-0.25, -0.2) is 4.98 Å². The summed E-state index contributed by atoms with van der Waals surface area (Å²) < 4.78 is 4.62. The summed E-state index contributed by atoms with van der Waals surface area (Å²) in [5.74, 6) is 1.46. The van der Waals surface area contributed by atoms with Gasteiger partial charge in [-0.2, -0.15) is 4.98 Å². The Hall–Kier alpha value is -2.71. The number of hydrogen-bond acceptors (Lipinski definition) is 8. The summed E-state index contributed by atoms with van der Waals surface area (Å²) in [6, 6.07) is 2.78. The van der Waals surface area contributed by atoms with E-state index >= 15 is 0 Å². The molecule has 0 amide bonds. The van der Waals surface area contributed by atoms with E-state index in [1.807, 2.05) is 6.92 Å². The molecule has 0 aromatic carbocycles. The second-order valence-electron chi connectivity index (χ2n) is 3.91. The summed E-state index contributed by atoms with van der Waals surface area (Å²) in [5, 5.41) is 20.5. The molecule has 0 aliphatic carbocycles. The minimum absolute atomic E-state index is 0.0157. The lowest BCUT2D eigenvalue weighted by molar-refractivity contribution is -0.384. The van der Waals surface area contributed by atoms with Gasteiger partial charge in [-0.1, -0.05) is 5.16 Å². The van der Waals surface area contributed by atoms with Gasteiger partial charge in [0.05, 0.1) is 17.1 Å². The van der Waals surface area contributed by atoms with Crippen LogP contribution in [-0.2, 0) is 6.42 Å². The Bertz CT molecular complexity index is 572. The van der Waals surface area contributed by atoms with E-state index in [2.05, 4.69) is 30.3 Å². The Morgan fingerprint density at radius 3 is 2.70 bits per heavy atom. The number of nitrogens with zero attached hydrogens (tertiary/aromatic N) is 4. The van der Waals surface area contributed by atoms with Gasteiger partial charge in [-0.05, 0) is 6.92 Å². The van der Waals surface area contributed by atoms with Gasteiger partial charge < -0.3 is 15.2 Å². The Labute approximate surface area is 114 Å². The molecule has 0 saturated carbocycles. The molecule has 0 saturated heterocycles. The molecule has 9 heteroatoms. The van der Waals surface area contributed by atoms with Crippen molar-refractivity contribution in [3.05, 3.63) is 34.5 Å². The number of nitro groups is 1. The van der Waals surface area contributed by atoms with Crippen LogP contribution in [0.5, 0.6) is 0 Å². The van der Waals surface area contributed by atoms with Crippen molar-refractivity contribution < 1.29 is 9.45 Å². The average molecular weight is 278 g/mol. The molecule has 0 aliphatic heterocycles. The first-order valence-electron chi connectivity index (χ1n) is 6.08. The predicted molar refractivity (Wildman–Crippen MR) is 71.5 cm³/mol. The van der Waals surface area contributed by atoms with E-state index in [1.165, 1.54) is 18.5 Å². The van der Waals surface area contributed by atoms with Crippen molar-refractivity contribution in [3.8, 4) is 0 Å². The molecule has 0 bridgehead atoms. The molecule has 0 atom stereocenters. The van der Waals surface area contributed by atoms with Crippen LogP contribution in [0.1, 0.15) is 12.7 Å². The monoisotopic (exact) mass is 278 g/mol. The highest BCUT2D eigenvalue weighted by Crippen LogP contribution is 2.20. The molecule has 0 unspecified atom stereocenters. The van der Waals surface area contributed by atoms with Crippen molar-refractivity contribution in [3.63, 3.8) is 0 Å². The lowest BCUT2D eigenvalue weighted by Crippen LogP contribution is -2.09. The van der Waals surface area contributed by atoms with Gasteiger partial charge in [0, 0.05) is 19.5 Å². The highest BCUT2D eigenvalue weighted by molar-refractivity contribution is 5.54. The molecule has 0 radical (unpaired) electrons. The van der Waals surface area contributed by atoms with E-state index in [0.717, 1.165) is 0 Å². The molecule has 106 valence electrons. The number of aromatic nitrogens is 3. The third-order valence-electron chi connectivity index (χ3n) is 2.44. The molecular formula is C11H14N6O3. The molecular weight excluding hydrogens is 264 g/mol. The molecule has 9 nitrogen and oxygen atoms in total. The highest BCUT2D eigenvalue weighted by Gasteiger charge is 2.11. The van der Waals surface area contributed by atoms with Gasteiger partial charge in [-0.3, -0.25) is 10.1 Å². The molecule has 20 heavy (non-hydrogen) atoms. The zero-order valence-electron chi connectivity index (χ0n) is 10.9. The van der Waals surface area contributed by atoms with E-state index in [1.54, 1.807) is 0 Å². The first-order chi connectivity index (χ1) is 9.69. The van der Waals surface area contributed by atoms with E-state index in [-0.39, 0.29) is 5.69 Å². The van der Waals surface area contributed by atoms with Gasteiger partial charge in [0.15, 0.2) is 5.82 Å². The van der Waals surface area contributed by atoms with Crippen LogP contribution >= 0.6 is 0 Å². The van der Waals surface area contributed by atoms with E-state index in [0.29, 0.717) is 37.0 Å². The second-order valence-corrected chi connectivity index (χ2v) is 3.91. The molecule has 2 N–H and O–H groups in total. The standard InChI is InChI=1S/C11H14N6O3/c1-2-12-10-5-8(17(18)19)6-11(15-10)13-4-3-9-14-7-20-16-9/h5-7H,2-4H2,1H3,(H2,12,13,15). The largest absolute Gasteiger partial charge is 0.370 e. The van der Waals surface area contributed by atoms with E-state index in [4.69, 9.17) is 0 Å². The molecule has 2 heterocycles. The number of pyridine rings is 1. The van der Waals surface area contributed by atoms with Gasteiger partial charge in [-0.15, -0.1) is 0 Å². The normalized spacial score (nSPS) is 10.2. The summed E-state index contributed by atoms with van der Waals surface area (Å²) in [6.45, 7) is 3.03. The van der Waals surface area contributed by atoms with Crippen molar-refractivity contribution in [2.45, 2.75) is 13.3 Å². The van der Waals surface area contributed by atoms with Crippen LogP contribution in [0.3, 0.4) is 0 Å². The molecule has 2 aromatic rings. The maximum Gasteiger partial charge on any atom is 0.276 e. The van der Waals surface area contributed by atoms with Gasteiger partial charge in [0.25, 0.3) is 5.69 Å². The van der Waals surface area contributed by atoms with Crippen molar-refractivity contribution in [1.82, 2.24) is 15.1 Å². The molecule has 2 rings (SSSR count). The highest BCUT2D eigenvalue weighted by atomic mass is 16.6. The Morgan fingerprint density at radius 2 is 2.10 bits per heavy atom. The lowest BCUT2D eigenvalue weighted by Gasteiger charge is -2.07. The lowest BCUT2D eigenvalue weighted by atomic mass is 10.3. The fourth-order valence-electron chi connectivity index (χ4n) is 1.59. The topological polar surface area (TPSA) is 119 Å². The summed E-state index contributed by atoms with van der Waals surface area (Å²) in [6.07, 6.45) is 1.79. The smallest absolute Gasteiger partial charge is 0.276 e. The van der Waals surface area contributed by atoms with Crippen LogP contribution in [0, 0.1) is 10.1 Å². The summed E-state index contributed by atoms with van der Waals surface area (Å²) in [5.41, 5.74) is -0.0157. The fourth-order valence-corrected chi connectivity index (χ4v) is 1.59. The van der Waals surface area contributed by atoms with Crippen LogP contribution in [0.15, 0.2) is 23.0 Å². The number of hydrogen-bond donors (Lipinski definition) is 2. The molecule has 2 aromatic heterocycles. The minimum Gasteiger partial charge on any atom is -0.370 e. The van der Waals surface area contributed by atoms with Crippen LogP contribution in [0.4, 0.5) is 17.3 Å². The molecule has 0 aliphatic rings. The van der Waals surface area contributed by atoms with Crippen LogP contribution < -0.4 is 10.6 Å². The van der Waals surface area contributed by atoms with Gasteiger partial charge >= 0.3 is 0 Å². The number of rotatable bonds is 7. The maximum absolute atomic E-state index is 10.9. The SMILES string of the molecule is CCNc1cc([N+](=O)[O-])cc(NCCc2ncon2)n1. The van der Waals surface area contributed by atoms with Crippen LogP contribution in [0.2, 0.25) is 0 Å². The van der Waals surface area contributed by atoms with Gasteiger partial charge in [0.1, 0.15) is 11.6 Å². The predicted octanol–water partition coefficient (Wildman–Crippen LogP) is 1.46. The van der Waals surface area contributed by atoms with Gasteiger partial charge in [0.2, 0.25) is 6.39 Å². The van der Waals surface area contributed by atoms with Crippen molar-refractivity contribution in [2.75, 3.05) is 23.7 Å². The van der Waals surface area contributed by atoms with Crippen LogP contribution in [0.25, 0.3) is 0 Å². The quantitative estimate of drug-likeness (QED) is 0.577. The Balaban J connectivity index is 2.03. The fraction of sp³-hybridized carbons (Fsp3) is 0.364. The van der Waals surface area contributed by atoms with Crippen molar-refractivity contribution in [1.29, 1.82) is 0 Å². The zero-order chi connectivity index (χ0) is 14.4. The number of anilines is 2. The van der Waals surface area contributed by atoms with Crippen molar-refractivity contribution >= 4 is 17.3 Å². The molecule has 0 spiro atoms. The maximum atomic E-state index is 10.9.